The van der Waals surface area contributed by atoms with Crippen LogP contribution in [0, 0.1) is 0 Å². The van der Waals surface area contributed by atoms with Gasteiger partial charge >= 0.3 is 12.3 Å². The van der Waals surface area contributed by atoms with Crippen LogP contribution in [-0.2, 0) is 6.18 Å². The fourth-order valence-corrected chi connectivity index (χ4v) is 1.12. The number of nitrogens with one attached hydrogen (secondary N) is 1. The van der Waals surface area contributed by atoms with Crippen LogP contribution in [-0.4, -0.2) is 16.9 Å². The molecule has 1 aromatic carbocycles. The number of hydrazone groups is 1. The largest absolute Gasteiger partial charge is 0.464 e. The second kappa shape index (κ2) is 4.86. The SMILES string of the molecule is CC(=NNC(=O)O)c1cccc(C(F)(F)F)c1. The second-order valence-corrected chi connectivity index (χ2v) is 3.19. The Hall–Kier alpha value is -2.05. The zero-order chi connectivity index (χ0) is 13.1. The van der Waals surface area contributed by atoms with Crippen LogP contribution in [0.15, 0.2) is 29.4 Å². The third-order valence-corrected chi connectivity index (χ3v) is 1.93. The van der Waals surface area contributed by atoms with Crippen molar-refractivity contribution in [2.24, 2.45) is 5.10 Å². The molecule has 0 saturated carbocycles. The van der Waals surface area contributed by atoms with Crippen molar-refractivity contribution < 1.29 is 23.1 Å². The van der Waals surface area contributed by atoms with Gasteiger partial charge in [-0.05, 0) is 24.6 Å². The van der Waals surface area contributed by atoms with Crippen molar-refractivity contribution in [2.45, 2.75) is 13.1 Å². The Morgan fingerprint density at radius 3 is 2.59 bits per heavy atom. The number of amides is 1. The standard InChI is InChI=1S/C10H9F3N2O2/c1-6(14-15-9(16)17)7-3-2-4-8(5-7)10(11,12)13/h2-5,15H,1H3,(H,16,17). The lowest BCUT2D eigenvalue weighted by atomic mass is 10.1. The van der Waals surface area contributed by atoms with Gasteiger partial charge in [0.15, 0.2) is 0 Å². The highest BCUT2D eigenvalue weighted by Gasteiger charge is 2.30. The summed E-state index contributed by atoms with van der Waals surface area (Å²) in [5.41, 5.74) is 1.27. The summed E-state index contributed by atoms with van der Waals surface area (Å²) < 4.78 is 37.2. The van der Waals surface area contributed by atoms with Crippen molar-refractivity contribution in [1.82, 2.24) is 5.43 Å². The van der Waals surface area contributed by atoms with Gasteiger partial charge in [0.25, 0.3) is 0 Å². The Balaban J connectivity index is 3.00. The Morgan fingerprint density at radius 2 is 2.06 bits per heavy atom. The first-order valence-corrected chi connectivity index (χ1v) is 4.51. The molecule has 0 unspecified atom stereocenters. The molecule has 0 bridgehead atoms. The number of benzene rings is 1. The summed E-state index contributed by atoms with van der Waals surface area (Å²) in [6.45, 7) is 1.41. The lowest BCUT2D eigenvalue weighted by Gasteiger charge is -2.08. The molecule has 0 fully saturated rings. The van der Waals surface area contributed by atoms with E-state index < -0.39 is 17.8 Å². The molecule has 0 aliphatic carbocycles. The van der Waals surface area contributed by atoms with Crippen molar-refractivity contribution in [3.05, 3.63) is 35.4 Å². The van der Waals surface area contributed by atoms with E-state index in [0.717, 1.165) is 12.1 Å². The van der Waals surface area contributed by atoms with E-state index in [-0.39, 0.29) is 11.3 Å². The van der Waals surface area contributed by atoms with Crippen LogP contribution >= 0.6 is 0 Å². The molecule has 92 valence electrons. The van der Waals surface area contributed by atoms with Crippen LogP contribution in [0.1, 0.15) is 18.1 Å². The average molecular weight is 246 g/mol. The maximum atomic E-state index is 12.4. The minimum atomic E-state index is -4.43. The topological polar surface area (TPSA) is 61.7 Å². The number of nitrogens with zero attached hydrogens (tertiary/aromatic N) is 1. The summed E-state index contributed by atoms with van der Waals surface area (Å²) in [6.07, 6.45) is -5.81. The van der Waals surface area contributed by atoms with Gasteiger partial charge in [-0.15, -0.1) is 0 Å². The molecular formula is C10H9F3N2O2. The van der Waals surface area contributed by atoms with Gasteiger partial charge in [0.05, 0.1) is 11.3 Å². The van der Waals surface area contributed by atoms with Gasteiger partial charge in [-0.25, -0.2) is 10.2 Å². The fraction of sp³-hybridized carbons (Fsp3) is 0.200. The molecule has 4 nitrogen and oxygen atoms in total. The molecule has 1 amide bonds. The summed E-state index contributed by atoms with van der Waals surface area (Å²) in [7, 11) is 0. The van der Waals surface area contributed by atoms with Gasteiger partial charge in [-0.3, -0.25) is 0 Å². The summed E-state index contributed by atoms with van der Waals surface area (Å²) in [6, 6.07) is 4.49. The maximum absolute atomic E-state index is 12.4. The number of carbonyl (C=O) groups is 1. The van der Waals surface area contributed by atoms with E-state index in [1.807, 2.05) is 0 Å². The monoisotopic (exact) mass is 246 g/mol. The normalized spacial score (nSPS) is 12.4. The Labute approximate surface area is 94.8 Å². The van der Waals surface area contributed by atoms with Gasteiger partial charge < -0.3 is 5.11 Å². The summed E-state index contributed by atoms with van der Waals surface area (Å²) in [5.74, 6) is 0. The van der Waals surface area contributed by atoms with Gasteiger partial charge in [-0.2, -0.15) is 18.3 Å². The molecular weight excluding hydrogens is 237 g/mol. The molecule has 1 aromatic rings. The molecule has 0 aliphatic heterocycles. The predicted molar refractivity (Wildman–Crippen MR) is 54.8 cm³/mol. The van der Waals surface area contributed by atoms with Gasteiger partial charge in [0, 0.05) is 0 Å². The van der Waals surface area contributed by atoms with Crippen LogP contribution in [0.3, 0.4) is 0 Å². The van der Waals surface area contributed by atoms with Crippen molar-refractivity contribution >= 4 is 11.8 Å². The second-order valence-electron chi connectivity index (χ2n) is 3.19. The Kier molecular flexibility index (Phi) is 3.72. The first-order chi connectivity index (χ1) is 7.80. The van der Waals surface area contributed by atoms with E-state index in [9.17, 15) is 18.0 Å². The van der Waals surface area contributed by atoms with Crippen molar-refractivity contribution in [1.29, 1.82) is 0 Å². The fourth-order valence-electron chi connectivity index (χ4n) is 1.12. The smallest absolute Gasteiger partial charge is 0.425 e. The van der Waals surface area contributed by atoms with Crippen LogP contribution < -0.4 is 5.43 Å². The molecule has 0 aromatic heterocycles. The summed E-state index contributed by atoms with van der Waals surface area (Å²) in [4.78, 5) is 10.2. The average Bonchev–Trinajstić information content (AvgIpc) is 2.25. The molecule has 0 heterocycles. The van der Waals surface area contributed by atoms with Gasteiger partial charge in [0.1, 0.15) is 0 Å². The van der Waals surface area contributed by atoms with E-state index in [4.69, 9.17) is 5.11 Å². The molecule has 0 spiro atoms. The van der Waals surface area contributed by atoms with Crippen molar-refractivity contribution in [2.75, 3.05) is 0 Å². The van der Waals surface area contributed by atoms with Crippen LogP contribution in [0.4, 0.5) is 18.0 Å². The van der Waals surface area contributed by atoms with E-state index in [0.29, 0.717) is 0 Å². The number of carboxylic acid groups (broad SMARTS) is 1. The van der Waals surface area contributed by atoms with E-state index >= 15 is 0 Å². The summed E-state index contributed by atoms with van der Waals surface area (Å²) in [5, 5.41) is 11.7. The molecule has 1 rings (SSSR count). The Bertz CT molecular complexity index is 455. The molecule has 17 heavy (non-hydrogen) atoms. The first kappa shape index (κ1) is 13.0. The highest BCUT2D eigenvalue weighted by molar-refractivity contribution is 5.99. The predicted octanol–water partition coefficient (Wildman–Crippen LogP) is 2.70. The van der Waals surface area contributed by atoms with E-state index in [2.05, 4.69) is 5.10 Å². The van der Waals surface area contributed by atoms with Crippen LogP contribution in [0.5, 0.6) is 0 Å². The highest BCUT2D eigenvalue weighted by atomic mass is 19.4. The third kappa shape index (κ3) is 3.78. The number of rotatable bonds is 2. The third-order valence-electron chi connectivity index (χ3n) is 1.93. The number of hydrogen-bond donors (Lipinski definition) is 2. The maximum Gasteiger partial charge on any atom is 0.425 e. The van der Waals surface area contributed by atoms with Gasteiger partial charge in [0.2, 0.25) is 0 Å². The van der Waals surface area contributed by atoms with E-state index in [1.54, 1.807) is 5.43 Å². The van der Waals surface area contributed by atoms with Crippen LogP contribution in [0.25, 0.3) is 0 Å². The zero-order valence-electron chi connectivity index (χ0n) is 8.75. The zero-order valence-corrected chi connectivity index (χ0v) is 8.75. The van der Waals surface area contributed by atoms with Crippen molar-refractivity contribution in [3.63, 3.8) is 0 Å². The molecule has 0 aliphatic rings. The molecule has 2 N–H and O–H groups in total. The lowest BCUT2D eigenvalue weighted by Crippen LogP contribution is -2.16. The van der Waals surface area contributed by atoms with Crippen LogP contribution in [0.2, 0.25) is 0 Å². The highest BCUT2D eigenvalue weighted by Crippen LogP contribution is 2.29. The molecule has 0 saturated heterocycles. The minimum absolute atomic E-state index is 0.151. The Morgan fingerprint density at radius 1 is 1.41 bits per heavy atom. The number of alkyl halides is 3. The molecule has 0 radical (unpaired) electrons. The van der Waals surface area contributed by atoms with E-state index in [1.165, 1.54) is 19.1 Å². The number of halogens is 3. The summed E-state index contributed by atoms with van der Waals surface area (Å²) >= 11 is 0. The minimum Gasteiger partial charge on any atom is -0.464 e. The molecule has 7 heteroatoms. The quantitative estimate of drug-likeness (QED) is 0.622. The lowest BCUT2D eigenvalue weighted by molar-refractivity contribution is -0.137. The number of hydrogen-bond acceptors (Lipinski definition) is 2. The van der Waals surface area contributed by atoms with Crippen molar-refractivity contribution in [3.8, 4) is 0 Å². The molecule has 0 atom stereocenters. The van der Waals surface area contributed by atoms with Gasteiger partial charge in [-0.1, -0.05) is 12.1 Å². The first-order valence-electron chi connectivity index (χ1n) is 4.51.